The number of carbonyl (C=O) groups excluding carboxylic acids is 3. The molecular weight excluding hydrogens is 510 g/mol. The molecule has 0 radical (unpaired) electrons. The maximum atomic E-state index is 13.2. The highest BCUT2D eigenvalue weighted by atomic mass is 32.1. The van der Waals surface area contributed by atoms with Crippen LogP contribution in [-0.4, -0.2) is 46.8 Å². The number of aromatic nitrogens is 1. The second-order valence-electron chi connectivity index (χ2n) is 11.4. The first-order chi connectivity index (χ1) is 18.4. The molecule has 0 fully saturated rings. The highest BCUT2D eigenvalue weighted by molar-refractivity contribution is 7.09. The van der Waals surface area contributed by atoms with E-state index >= 15 is 0 Å². The first kappa shape index (κ1) is 32.5. The molecule has 0 aliphatic heterocycles. The third kappa shape index (κ3) is 10.7. The number of hydrogen-bond acceptors (Lipinski definition) is 6. The zero-order valence-corrected chi connectivity index (χ0v) is 25.7. The van der Waals surface area contributed by atoms with Crippen LogP contribution in [0.25, 0.3) is 0 Å². The minimum atomic E-state index is -0.643. The molecule has 8 heteroatoms. The fraction of sp³-hybridized carbons (Fsp3) is 0.613. The van der Waals surface area contributed by atoms with Crippen LogP contribution < -0.4 is 5.32 Å². The number of rotatable bonds is 15. The first-order valence-electron chi connectivity index (χ1n) is 14.1. The van der Waals surface area contributed by atoms with Gasteiger partial charge in [0.2, 0.25) is 5.91 Å². The normalized spacial score (nSPS) is 14.5. The quantitative estimate of drug-likeness (QED) is 0.255. The van der Waals surface area contributed by atoms with Crippen LogP contribution >= 0.6 is 11.3 Å². The Kier molecular flexibility index (Phi) is 13.1. The van der Waals surface area contributed by atoms with Crippen LogP contribution in [-0.2, 0) is 20.7 Å². The van der Waals surface area contributed by atoms with Crippen molar-refractivity contribution in [3.8, 4) is 0 Å². The van der Waals surface area contributed by atoms with Crippen LogP contribution in [0.2, 0.25) is 0 Å². The molecule has 0 aliphatic rings. The molecule has 0 bridgehead atoms. The summed E-state index contributed by atoms with van der Waals surface area (Å²) in [4.78, 5) is 44.6. The topological polar surface area (TPSA) is 88.6 Å². The maximum absolute atomic E-state index is 13.2. The molecule has 4 unspecified atom stereocenters. The number of carbonyl (C=O) groups is 3. The number of amides is 2. The second kappa shape index (κ2) is 15.8. The van der Waals surface area contributed by atoms with Gasteiger partial charge in [-0.1, -0.05) is 78.3 Å². The summed E-state index contributed by atoms with van der Waals surface area (Å²) in [5.74, 6) is 0.300. The summed E-state index contributed by atoms with van der Waals surface area (Å²) in [6.45, 7) is 13.9. The third-order valence-electron chi connectivity index (χ3n) is 7.09. The predicted octanol–water partition coefficient (Wildman–Crippen LogP) is 6.44. The van der Waals surface area contributed by atoms with E-state index in [4.69, 9.17) is 4.74 Å². The Labute approximate surface area is 238 Å². The van der Waals surface area contributed by atoms with Crippen molar-refractivity contribution in [3.63, 3.8) is 0 Å². The molecule has 1 aromatic heterocycles. The van der Waals surface area contributed by atoms with Crippen molar-refractivity contribution in [1.29, 1.82) is 0 Å². The Morgan fingerprint density at radius 2 is 1.72 bits per heavy atom. The SMILES string of the molecule is CCC(C)CC(=O)N(C)C(CC(OC(C)=O)c1nc(C(=O)NC(Cc2ccccc2)CC(C)C)cs1)C(C)C. The Hall–Kier alpha value is -2.74. The molecule has 0 aliphatic carbocycles. The molecular formula is C31H47N3O4S. The van der Waals surface area contributed by atoms with Gasteiger partial charge in [0.05, 0.1) is 0 Å². The maximum Gasteiger partial charge on any atom is 0.303 e. The Balaban J connectivity index is 2.20. The molecule has 2 amide bonds. The molecule has 39 heavy (non-hydrogen) atoms. The minimum Gasteiger partial charge on any atom is -0.455 e. The summed E-state index contributed by atoms with van der Waals surface area (Å²) in [5.41, 5.74) is 1.49. The number of nitrogens with one attached hydrogen (secondary N) is 1. The van der Waals surface area contributed by atoms with Gasteiger partial charge in [-0.05, 0) is 36.2 Å². The standard InChI is InChI=1S/C31H47N3O4S/c1-9-22(6)16-29(36)34(8)27(21(4)5)18-28(38-23(7)35)31-33-26(19-39-31)30(37)32-25(15-20(2)3)17-24-13-11-10-12-14-24/h10-14,19-22,25,27-28H,9,15-18H2,1-8H3,(H,32,37). The molecule has 1 N–H and O–H groups in total. The van der Waals surface area contributed by atoms with E-state index in [0.717, 1.165) is 19.3 Å². The van der Waals surface area contributed by atoms with Crippen molar-refractivity contribution in [2.45, 2.75) is 98.8 Å². The van der Waals surface area contributed by atoms with Crippen molar-refractivity contribution >= 4 is 29.1 Å². The number of nitrogens with zero attached hydrogens (tertiary/aromatic N) is 2. The summed E-state index contributed by atoms with van der Waals surface area (Å²) in [6.07, 6.45) is 2.78. The lowest BCUT2D eigenvalue weighted by Gasteiger charge is -2.34. The van der Waals surface area contributed by atoms with Gasteiger partial charge in [-0.2, -0.15) is 0 Å². The van der Waals surface area contributed by atoms with Crippen LogP contribution in [0.1, 0.15) is 101 Å². The molecule has 0 saturated carbocycles. The Morgan fingerprint density at radius 3 is 2.28 bits per heavy atom. The first-order valence-corrected chi connectivity index (χ1v) is 15.0. The summed E-state index contributed by atoms with van der Waals surface area (Å²) in [6, 6.07) is 9.97. The number of thiazole rings is 1. The van der Waals surface area contributed by atoms with E-state index in [1.54, 1.807) is 10.3 Å². The molecule has 1 aromatic carbocycles. The number of benzene rings is 1. The van der Waals surface area contributed by atoms with E-state index in [-0.39, 0.29) is 29.8 Å². The van der Waals surface area contributed by atoms with Crippen LogP contribution in [0.4, 0.5) is 0 Å². The van der Waals surface area contributed by atoms with Crippen molar-refractivity contribution < 1.29 is 19.1 Å². The van der Waals surface area contributed by atoms with Crippen LogP contribution in [0, 0.1) is 17.8 Å². The van der Waals surface area contributed by atoms with E-state index in [0.29, 0.717) is 35.4 Å². The minimum absolute atomic E-state index is 0.0233. The van der Waals surface area contributed by atoms with E-state index in [2.05, 4.69) is 64.0 Å². The number of esters is 1. The number of ether oxygens (including phenoxy) is 1. The summed E-state index contributed by atoms with van der Waals surface area (Å²) in [7, 11) is 1.82. The molecule has 216 valence electrons. The molecule has 1 heterocycles. The van der Waals surface area contributed by atoms with Gasteiger partial charge in [0, 0.05) is 44.3 Å². The lowest BCUT2D eigenvalue weighted by atomic mass is 9.95. The highest BCUT2D eigenvalue weighted by Crippen LogP contribution is 2.31. The molecule has 2 rings (SSSR count). The van der Waals surface area contributed by atoms with Crippen LogP contribution in [0.3, 0.4) is 0 Å². The van der Waals surface area contributed by atoms with Crippen LogP contribution in [0.5, 0.6) is 0 Å². The van der Waals surface area contributed by atoms with E-state index in [1.807, 2.05) is 25.2 Å². The van der Waals surface area contributed by atoms with Gasteiger partial charge in [-0.15, -0.1) is 11.3 Å². The summed E-state index contributed by atoms with van der Waals surface area (Å²) >= 11 is 1.31. The fourth-order valence-corrected chi connectivity index (χ4v) is 5.57. The second-order valence-corrected chi connectivity index (χ2v) is 12.3. The molecule has 4 atom stereocenters. The predicted molar refractivity (Wildman–Crippen MR) is 158 cm³/mol. The van der Waals surface area contributed by atoms with Crippen molar-refractivity contribution in [1.82, 2.24) is 15.2 Å². The number of hydrogen-bond donors (Lipinski definition) is 1. The van der Waals surface area contributed by atoms with Crippen molar-refractivity contribution in [2.75, 3.05) is 7.05 Å². The summed E-state index contributed by atoms with van der Waals surface area (Å²) in [5, 5.41) is 5.45. The average Bonchev–Trinajstić information content (AvgIpc) is 3.36. The van der Waals surface area contributed by atoms with E-state index in [9.17, 15) is 14.4 Å². The lowest BCUT2D eigenvalue weighted by molar-refractivity contribution is -0.148. The van der Waals surface area contributed by atoms with E-state index < -0.39 is 12.1 Å². The van der Waals surface area contributed by atoms with Crippen molar-refractivity contribution in [2.24, 2.45) is 17.8 Å². The summed E-state index contributed by atoms with van der Waals surface area (Å²) < 4.78 is 5.69. The Bertz CT molecular complexity index is 1050. The van der Waals surface area contributed by atoms with Gasteiger partial charge < -0.3 is 15.0 Å². The van der Waals surface area contributed by atoms with Crippen LogP contribution in [0.15, 0.2) is 35.7 Å². The lowest BCUT2D eigenvalue weighted by Crippen LogP contribution is -2.42. The zero-order valence-electron chi connectivity index (χ0n) is 24.9. The zero-order chi connectivity index (χ0) is 29.1. The smallest absolute Gasteiger partial charge is 0.303 e. The van der Waals surface area contributed by atoms with Gasteiger partial charge >= 0.3 is 5.97 Å². The van der Waals surface area contributed by atoms with Gasteiger partial charge in [0.1, 0.15) is 10.7 Å². The van der Waals surface area contributed by atoms with Gasteiger partial charge in [0.25, 0.3) is 5.91 Å². The molecule has 0 spiro atoms. The highest BCUT2D eigenvalue weighted by Gasteiger charge is 2.31. The van der Waals surface area contributed by atoms with Gasteiger partial charge in [-0.3, -0.25) is 14.4 Å². The van der Waals surface area contributed by atoms with Gasteiger partial charge in [-0.25, -0.2) is 4.98 Å². The third-order valence-corrected chi connectivity index (χ3v) is 8.03. The largest absolute Gasteiger partial charge is 0.455 e. The van der Waals surface area contributed by atoms with E-state index in [1.165, 1.54) is 23.8 Å². The molecule has 2 aromatic rings. The van der Waals surface area contributed by atoms with Crippen molar-refractivity contribution in [3.05, 3.63) is 52.0 Å². The fourth-order valence-electron chi connectivity index (χ4n) is 4.73. The molecule has 0 saturated heterocycles. The van der Waals surface area contributed by atoms with Gasteiger partial charge in [0.15, 0.2) is 6.10 Å². The average molecular weight is 558 g/mol. The monoisotopic (exact) mass is 557 g/mol. The Morgan fingerprint density at radius 1 is 1.05 bits per heavy atom. The molecule has 7 nitrogen and oxygen atoms in total.